The number of carboxylic acid groups (broad SMARTS) is 2. The molecule has 9 nitrogen and oxygen atoms in total. The van der Waals surface area contributed by atoms with Crippen LogP contribution in [-0.2, 0) is 18.7 Å². The third-order valence-electron chi connectivity index (χ3n) is 10.1. The van der Waals surface area contributed by atoms with Crippen LogP contribution in [0.3, 0.4) is 0 Å². The van der Waals surface area contributed by atoms with Crippen LogP contribution in [-0.4, -0.2) is 65.5 Å². The quantitative estimate of drug-likeness (QED) is 0.0586. The minimum Gasteiger partial charge on any atom is -0.493 e. The SMILES string of the molecule is CCCCCCOc1ccc(C2(c3ccc(OCCCCCC)c(C(=O)O)c3)c3cc(Br)ccc3-c3ccc([Si](OC)(OC)OC)cc32)cc1C(=O)O. The third kappa shape index (κ3) is 7.95. The van der Waals surface area contributed by atoms with Gasteiger partial charge in [-0.15, -0.1) is 0 Å². The van der Waals surface area contributed by atoms with Crippen molar-refractivity contribution >= 4 is 41.9 Å². The van der Waals surface area contributed by atoms with Crippen LogP contribution in [0.1, 0.15) is 108 Å². The van der Waals surface area contributed by atoms with E-state index in [-0.39, 0.29) is 22.6 Å². The smallest absolute Gasteiger partial charge is 0.493 e. The van der Waals surface area contributed by atoms with Crippen molar-refractivity contribution in [3.8, 4) is 22.6 Å². The van der Waals surface area contributed by atoms with Crippen LogP contribution in [0.5, 0.6) is 11.5 Å². The van der Waals surface area contributed by atoms with E-state index < -0.39 is 26.2 Å². The van der Waals surface area contributed by atoms with E-state index >= 15 is 0 Å². The highest BCUT2D eigenvalue weighted by Crippen LogP contribution is 2.57. The van der Waals surface area contributed by atoms with Crippen LogP contribution in [0.15, 0.2) is 77.3 Å². The summed E-state index contributed by atoms with van der Waals surface area (Å²) >= 11 is 3.70. The molecule has 0 aromatic heterocycles. The number of carbonyl (C=O) groups is 2. The van der Waals surface area contributed by atoms with E-state index in [0.29, 0.717) is 29.5 Å². The number of carboxylic acids is 2. The number of hydrogen-bond acceptors (Lipinski definition) is 7. The van der Waals surface area contributed by atoms with Crippen molar-refractivity contribution < 1.29 is 42.6 Å². The maximum Gasteiger partial charge on any atom is 0.536 e. The molecule has 0 saturated heterocycles. The Bertz CT molecular complexity index is 1840. The van der Waals surface area contributed by atoms with Crippen molar-refractivity contribution in [2.45, 2.75) is 70.6 Å². The van der Waals surface area contributed by atoms with Gasteiger partial charge in [0.2, 0.25) is 0 Å². The van der Waals surface area contributed by atoms with Gasteiger partial charge >= 0.3 is 20.7 Å². The molecule has 4 aromatic rings. The summed E-state index contributed by atoms with van der Waals surface area (Å²) < 4.78 is 30.7. The van der Waals surface area contributed by atoms with Crippen molar-refractivity contribution in [1.82, 2.24) is 0 Å². The van der Waals surface area contributed by atoms with E-state index in [2.05, 4.69) is 29.8 Å². The van der Waals surface area contributed by atoms with Crippen LogP contribution in [0.25, 0.3) is 11.1 Å². The van der Waals surface area contributed by atoms with Gasteiger partial charge in [0.05, 0.1) is 18.6 Å². The fourth-order valence-corrected chi connectivity index (χ4v) is 9.59. The molecule has 4 aromatic carbocycles. The molecule has 0 heterocycles. The van der Waals surface area contributed by atoms with Gasteiger partial charge < -0.3 is 33.0 Å². The molecule has 0 spiro atoms. The Kier molecular flexibility index (Phi) is 13.6. The third-order valence-corrected chi connectivity index (χ3v) is 13.2. The minimum atomic E-state index is -3.38. The highest BCUT2D eigenvalue weighted by molar-refractivity contribution is 9.10. The molecule has 2 N–H and O–H groups in total. The van der Waals surface area contributed by atoms with Gasteiger partial charge in [0.25, 0.3) is 0 Å². The summed E-state index contributed by atoms with van der Waals surface area (Å²) in [6.45, 7) is 5.06. The van der Waals surface area contributed by atoms with Gasteiger partial charge in [0.15, 0.2) is 0 Å². The molecule has 0 aliphatic heterocycles. The van der Waals surface area contributed by atoms with Gasteiger partial charge in [-0.2, -0.15) is 0 Å². The normalized spacial score (nSPS) is 13.0. The maximum atomic E-state index is 12.9. The van der Waals surface area contributed by atoms with Crippen LogP contribution in [0, 0.1) is 0 Å². The molecular formula is C42H49BrO9Si. The second-order valence-corrected chi connectivity index (χ2v) is 17.0. The molecular weight excluding hydrogens is 756 g/mol. The predicted octanol–water partition coefficient (Wildman–Crippen LogP) is 9.21. The lowest BCUT2D eigenvalue weighted by molar-refractivity contribution is 0.0681. The number of fused-ring (bicyclic) bond motifs is 3. The van der Waals surface area contributed by atoms with E-state index in [0.717, 1.165) is 78.1 Å². The first-order chi connectivity index (χ1) is 25.6. The number of aromatic carboxylic acids is 2. The number of rotatable bonds is 20. The van der Waals surface area contributed by atoms with Crippen LogP contribution < -0.4 is 14.7 Å². The monoisotopic (exact) mass is 804 g/mol. The predicted molar refractivity (Wildman–Crippen MR) is 211 cm³/mol. The average Bonchev–Trinajstić information content (AvgIpc) is 3.45. The maximum absolute atomic E-state index is 12.9. The topological polar surface area (TPSA) is 121 Å². The summed E-state index contributed by atoms with van der Waals surface area (Å²) in [7, 11) is 1.26. The summed E-state index contributed by atoms with van der Waals surface area (Å²) in [4.78, 5) is 25.9. The Morgan fingerprint density at radius 1 is 0.623 bits per heavy atom. The molecule has 282 valence electrons. The largest absolute Gasteiger partial charge is 0.536 e. The second-order valence-electron chi connectivity index (χ2n) is 13.2. The lowest BCUT2D eigenvalue weighted by Gasteiger charge is -2.35. The van der Waals surface area contributed by atoms with Gasteiger partial charge in [-0.3, -0.25) is 0 Å². The van der Waals surface area contributed by atoms with E-state index in [1.807, 2.05) is 48.5 Å². The number of unbranched alkanes of at least 4 members (excludes halogenated alkanes) is 6. The molecule has 0 unspecified atom stereocenters. The zero-order chi connectivity index (χ0) is 38.2. The molecule has 0 saturated carbocycles. The zero-order valence-corrected chi connectivity index (χ0v) is 33.7. The van der Waals surface area contributed by atoms with Gasteiger partial charge in [-0.1, -0.05) is 105 Å². The Hall–Kier alpha value is -4.00. The van der Waals surface area contributed by atoms with E-state index in [1.165, 1.54) is 0 Å². The number of benzene rings is 4. The molecule has 0 radical (unpaired) electrons. The van der Waals surface area contributed by atoms with Crippen molar-refractivity contribution in [3.63, 3.8) is 0 Å². The van der Waals surface area contributed by atoms with Crippen molar-refractivity contribution in [1.29, 1.82) is 0 Å². The summed E-state index contributed by atoms with van der Waals surface area (Å²) in [5.41, 5.74) is 3.50. The Labute approximate surface area is 321 Å². The van der Waals surface area contributed by atoms with E-state index in [1.54, 1.807) is 45.6 Å². The van der Waals surface area contributed by atoms with Crippen LogP contribution >= 0.6 is 15.9 Å². The Morgan fingerprint density at radius 2 is 1.09 bits per heavy atom. The van der Waals surface area contributed by atoms with Gasteiger partial charge in [0.1, 0.15) is 22.6 Å². The first-order valence-corrected chi connectivity index (χ1v) is 20.8. The Balaban J connectivity index is 1.81. The Morgan fingerprint density at radius 3 is 1.55 bits per heavy atom. The molecule has 0 amide bonds. The van der Waals surface area contributed by atoms with Gasteiger partial charge in [-0.05, 0) is 82.6 Å². The lowest BCUT2D eigenvalue weighted by atomic mass is 9.67. The van der Waals surface area contributed by atoms with Crippen molar-refractivity contribution in [2.75, 3.05) is 34.5 Å². The summed E-state index contributed by atoms with van der Waals surface area (Å²) in [5.74, 6) is -1.71. The molecule has 1 aliphatic rings. The molecule has 11 heteroatoms. The highest BCUT2D eigenvalue weighted by atomic mass is 79.9. The van der Waals surface area contributed by atoms with E-state index in [4.69, 9.17) is 22.8 Å². The van der Waals surface area contributed by atoms with E-state index in [9.17, 15) is 19.8 Å². The molecule has 0 fully saturated rings. The number of hydrogen-bond donors (Lipinski definition) is 2. The second kappa shape index (κ2) is 17.9. The fourth-order valence-electron chi connectivity index (χ4n) is 7.41. The van der Waals surface area contributed by atoms with Gasteiger partial charge in [-0.25, -0.2) is 9.59 Å². The minimum absolute atomic E-state index is 0.0124. The summed E-state index contributed by atoms with van der Waals surface area (Å²) in [5, 5.41) is 21.8. The van der Waals surface area contributed by atoms with Crippen molar-refractivity contribution in [2.24, 2.45) is 0 Å². The molecule has 0 atom stereocenters. The lowest BCUT2D eigenvalue weighted by Crippen LogP contribution is -2.55. The fraction of sp³-hybridized carbons (Fsp3) is 0.381. The van der Waals surface area contributed by atoms with Crippen LogP contribution in [0.2, 0.25) is 0 Å². The first-order valence-electron chi connectivity index (χ1n) is 18.2. The van der Waals surface area contributed by atoms with Crippen LogP contribution in [0.4, 0.5) is 0 Å². The molecule has 1 aliphatic carbocycles. The highest BCUT2D eigenvalue weighted by Gasteiger charge is 2.50. The average molecular weight is 806 g/mol. The van der Waals surface area contributed by atoms with Gasteiger partial charge in [0, 0.05) is 31.0 Å². The number of ether oxygens (including phenoxy) is 2. The van der Waals surface area contributed by atoms with Crippen molar-refractivity contribution in [3.05, 3.63) is 111 Å². The standard InChI is InChI=1S/C42H49BrO9Si/c1-6-8-10-12-22-51-38-20-14-28(24-34(38)40(44)45)42(29-15-21-39(35(25-29)41(46)47)52-23-13-11-9-7-2)36-26-30(43)16-18-32(36)33-19-17-31(27-37(33)42)53(48-3,49-4)50-5/h14-21,24-27H,6-13,22-23H2,1-5H3,(H,44,45)(H,46,47). The zero-order valence-electron chi connectivity index (χ0n) is 31.1. The summed E-state index contributed by atoms with van der Waals surface area (Å²) in [6, 6.07) is 22.4. The first kappa shape index (κ1) is 40.2. The molecule has 5 rings (SSSR count). The molecule has 0 bridgehead atoms. The number of halogens is 1. The molecule has 53 heavy (non-hydrogen) atoms. The summed E-state index contributed by atoms with van der Waals surface area (Å²) in [6.07, 6.45) is 7.92.